The third-order valence-corrected chi connectivity index (χ3v) is 2.77. The van der Waals surface area contributed by atoms with Crippen LogP contribution in [0.2, 0.25) is 0 Å². The lowest BCUT2D eigenvalue weighted by atomic mass is 10.4. The average molecular weight is 228 g/mol. The lowest BCUT2D eigenvalue weighted by Gasteiger charge is -2.14. The van der Waals surface area contributed by atoms with Crippen molar-refractivity contribution < 1.29 is 8.78 Å². The molecule has 3 heterocycles. The van der Waals surface area contributed by atoms with Gasteiger partial charge >= 0.3 is 6.55 Å². The number of aromatic amines is 1. The van der Waals surface area contributed by atoms with Gasteiger partial charge < -0.3 is 9.88 Å². The van der Waals surface area contributed by atoms with Gasteiger partial charge in [-0.3, -0.25) is 0 Å². The molecule has 0 saturated carbocycles. The minimum atomic E-state index is -2.61. The van der Waals surface area contributed by atoms with Gasteiger partial charge in [-0.05, 0) is 0 Å². The van der Waals surface area contributed by atoms with E-state index < -0.39 is 6.55 Å². The fraction of sp³-hybridized carbons (Fsp3) is 0.500. The van der Waals surface area contributed by atoms with Gasteiger partial charge in [0.15, 0.2) is 5.82 Å². The standard InChI is InChI=1S/C8H10F2N6/c1-15-5-3-11-2-4(5)12-6(15)7-13-14-16(7)8(9)10/h8,11,14H,2-3H2,1H3. The second-order valence-corrected chi connectivity index (χ2v) is 3.67. The topological polar surface area (TPSA) is 63.5 Å². The number of halogens is 2. The summed E-state index contributed by atoms with van der Waals surface area (Å²) in [5.74, 6) is 0.664. The van der Waals surface area contributed by atoms with Crippen molar-refractivity contribution in [1.82, 2.24) is 29.9 Å². The molecule has 2 aromatic rings. The molecule has 0 unspecified atom stereocenters. The number of fused-ring (bicyclic) bond motifs is 1. The molecule has 0 amide bonds. The van der Waals surface area contributed by atoms with Crippen LogP contribution in [0.3, 0.4) is 0 Å². The Hall–Kier alpha value is -1.70. The Labute approximate surface area is 89.2 Å². The highest BCUT2D eigenvalue weighted by Crippen LogP contribution is 2.25. The quantitative estimate of drug-likeness (QED) is 0.791. The minimum Gasteiger partial charge on any atom is -0.327 e. The van der Waals surface area contributed by atoms with Crippen molar-refractivity contribution >= 4 is 0 Å². The van der Waals surface area contributed by atoms with Gasteiger partial charge in [0, 0.05) is 20.1 Å². The van der Waals surface area contributed by atoms with Gasteiger partial charge in [-0.25, -0.2) is 10.2 Å². The van der Waals surface area contributed by atoms with Crippen molar-refractivity contribution in [2.24, 2.45) is 7.05 Å². The second-order valence-electron chi connectivity index (χ2n) is 3.67. The van der Waals surface area contributed by atoms with Crippen LogP contribution in [-0.2, 0) is 20.1 Å². The van der Waals surface area contributed by atoms with E-state index in [1.165, 1.54) is 0 Å². The van der Waals surface area contributed by atoms with Gasteiger partial charge in [0.1, 0.15) is 0 Å². The molecule has 16 heavy (non-hydrogen) atoms. The van der Waals surface area contributed by atoms with Crippen molar-refractivity contribution in [2.45, 2.75) is 19.6 Å². The first kappa shape index (κ1) is 9.52. The summed E-state index contributed by atoms with van der Waals surface area (Å²) in [5.41, 5.74) is 1.93. The zero-order valence-corrected chi connectivity index (χ0v) is 8.54. The Kier molecular flexibility index (Phi) is 1.87. The van der Waals surface area contributed by atoms with Crippen molar-refractivity contribution in [1.29, 1.82) is 0 Å². The molecule has 2 N–H and O–H groups in total. The predicted molar refractivity (Wildman–Crippen MR) is 50.6 cm³/mol. The summed E-state index contributed by atoms with van der Waals surface area (Å²) < 4.78 is 27.5. The van der Waals surface area contributed by atoms with Crippen LogP contribution in [0, 0.1) is 0 Å². The van der Waals surface area contributed by atoms with E-state index in [1.54, 1.807) is 11.6 Å². The second kappa shape index (κ2) is 3.14. The van der Waals surface area contributed by atoms with E-state index >= 15 is 0 Å². The molecular formula is C8H10F2N6. The SMILES string of the molecule is Cn1c(-c2n[nH]n2C(F)F)nc2c1CNC2. The zero-order chi connectivity index (χ0) is 11.3. The van der Waals surface area contributed by atoms with Crippen molar-refractivity contribution in [3.8, 4) is 11.6 Å². The van der Waals surface area contributed by atoms with Crippen LogP contribution >= 0.6 is 0 Å². The van der Waals surface area contributed by atoms with E-state index in [9.17, 15) is 8.78 Å². The summed E-state index contributed by atoms with van der Waals surface area (Å²) in [6.45, 7) is -1.22. The molecule has 8 heteroatoms. The van der Waals surface area contributed by atoms with E-state index in [0.717, 1.165) is 11.4 Å². The molecule has 0 spiro atoms. The van der Waals surface area contributed by atoms with Gasteiger partial charge in [0.2, 0.25) is 5.82 Å². The maximum Gasteiger partial charge on any atom is 0.334 e. The largest absolute Gasteiger partial charge is 0.334 e. The number of hydrogen-bond acceptors (Lipinski definition) is 3. The van der Waals surface area contributed by atoms with Crippen LogP contribution in [-0.4, -0.2) is 24.5 Å². The first-order chi connectivity index (χ1) is 7.68. The van der Waals surface area contributed by atoms with E-state index in [2.05, 4.69) is 20.6 Å². The van der Waals surface area contributed by atoms with E-state index in [-0.39, 0.29) is 5.82 Å². The molecule has 0 atom stereocenters. The van der Waals surface area contributed by atoms with Gasteiger partial charge in [0.25, 0.3) is 0 Å². The minimum absolute atomic E-state index is 0.187. The molecule has 0 aromatic carbocycles. The highest BCUT2D eigenvalue weighted by Gasteiger charge is 2.25. The van der Waals surface area contributed by atoms with Gasteiger partial charge in [0.05, 0.1) is 11.4 Å². The van der Waals surface area contributed by atoms with Crippen molar-refractivity contribution in [2.75, 3.05) is 0 Å². The van der Waals surface area contributed by atoms with Crippen LogP contribution in [0.4, 0.5) is 8.78 Å². The molecule has 0 radical (unpaired) electrons. The fourth-order valence-electron chi connectivity index (χ4n) is 1.90. The Bertz CT molecular complexity index is 522. The molecule has 0 bridgehead atoms. The molecule has 3 rings (SSSR count). The molecule has 1 aliphatic rings. The molecule has 0 saturated heterocycles. The van der Waals surface area contributed by atoms with E-state index in [0.29, 0.717) is 23.6 Å². The van der Waals surface area contributed by atoms with Crippen LogP contribution < -0.4 is 5.32 Å². The number of H-pyrrole nitrogens is 1. The Balaban J connectivity index is 2.06. The number of nitrogens with zero attached hydrogens (tertiary/aromatic N) is 4. The van der Waals surface area contributed by atoms with Crippen molar-refractivity contribution in [3.05, 3.63) is 11.4 Å². The maximum atomic E-state index is 12.5. The number of imidazole rings is 1. The maximum absolute atomic E-state index is 12.5. The zero-order valence-electron chi connectivity index (χ0n) is 8.54. The first-order valence-corrected chi connectivity index (χ1v) is 4.84. The van der Waals surface area contributed by atoms with Crippen LogP contribution in [0.25, 0.3) is 11.6 Å². The smallest absolute Gasteiger partial charge is 0.327 e. The van der Waals surface area contributed by atoms with Crippen LogP contribution in [0.5, 0.6) is 0 Å². The molecular weight excluding hydrogens is 218 g/mol. The molecule has 6 nitrogen and oxygen atoms in total. The lowest BCUT2D eigenvalue weighted by molar-refractivity contribution is 0.0443. The predicted octanol–water partition coefficient (Wildman–Crippen LogP) is 0.610. The molecule has 0 aliphatic carbocycles. The third-order valence-electron chi connectivity index (χ3n) is 2.77. The van der Waals surface area contributed by atoms with Crippen molar-refractivity contribution in [3.63, 3.8) is 0 Å². The summed E-state index contributed by atoms with van der Waals surface area (Å²) in [6.07, 6.45) is 0. The Morgan fingerprint density at radius 2 is 2.12 bits per heavy atom. The molecule has 2 aromatic heterocycles. The third kappa shape index (κ3) is 1.13. The van der Waals surface area contributed by atoms with E-state index in [1.807, 2.05) is 0 Å². The molecule has 1 aliphatic heterocycles. The summed E-state index contributed by atoms with van der Waals surface area (Å²) in [5, 5.41) is 9.06. The summed E-state index contributed by atoms with van der Waals surface area (Å²) in [6, 6.07) is 0. The highest BCUT2D eigenvalue weighted by molar-refractivity contribution is 5.47. The first-order valence-electron chi connectivity index (χ1n) is 4.84. The normalized spacial score (nSPS) is 15.0. The van der Waals surface area contributed by atoms with Gasteiger partial charge in [-0.15, -0.1) is 5.10 Å². The van der Waals surface area contributed by atoms with Crippen LogP contribution in [0.15, 0.2) is 0 Å². The Morgan fingerprint density at radius 3 is 2.69 bits per heavy atom. The van der Waals surface area contributed by atoms with Gasteiger partial charge in [-0.1, -0.05) is 0 Å². The fourth-order valence-corrected chi connectivity index (χ4v) is 1.90. The van der Waals surface area contributed by atoms with E-state index in [4.69, 9.17) is 0 Å². The number of hydrogen-bond donors (Lipinski definition) is 2. The number of nitrogens with one attached hydrogen (secondary N) is 2. The average Bonchev–Trinajstić information content (AvgIpc) is 2.69. The highest BCUT2D eigenvalue weighted by atomic mass is 19.3. The molecule has 86 valence electrons. The van der Waals surface area contributed by atoms with Gasteiger partial charge in [-0.2, -0.15) is 13.5 Å². The van der Waals surface area contributed by atoms with Crippen LogP contribution in [0.1, 0.15) is 17.9 Å². The number of rotatable bonds is 2. The molecule has 0 fully saturated rings. The monoisotopic (exact) mass is 228 g/mol. The summed E-state index contributed by atoms with van der Waals surface area (Å²) >= 11 is 0. The summed E-state index contributed by atoms with van der Waals surface area (Å²) in [4.78, 5) is 4.30. The Morgan fingerprint density at radius 1 is 1.31 bits per heavy atom. The number of alkyl halides is 2. The lowest BCUT2D eigenvalue weighted by Crippen LogP contribution is -2.19. The summed E-state index contributed by atoms with van der Waals surface area (Å²) in [7, 11) is 1.80. The number of aromatic nitrogens is 5.